The molecule has 0 unspecified atom stereocenters. The van der Waals surface area contributed by atoms with E-state index >= 15 is 0 Å². The van der Waals surface area contributed by atoms with Crippen LogP contribution >= 0.6 is 0 Å². The number of carbonyl (C=O) groups is 3. The second-order valence-corrected chi connectivity index (χ2v) is 6.18. The first kappa shape index (κ1) is 20.8. The molecule has 2 radical (unpaired) electrons. The Morgan fingerprint density at radius 1 is 1.07 bits per heavy atom. The average molecular weight is 378 g/mol. The number of aromatic hydroxyl groups is 1. The van der Waals surface area contributed by atoms with Gasteiger partial charge in [0.1, 0.15) is 19.3 Å². The molecular weight excluding hydrogens is 359 g/mol. The van der Waals surface area contributed by atoms with Crippen LogP contribution in [0, 0.1) is 13.8 Å². The number of hydrogen-bond donors (Lipinski definition) is 4. The van der Waals surface area contributed by atoms with Crippen LogP contribution in [0.15, 0.2) is 48.1 Å². The van der Waals surface area contributed by atoms with Crippen molar-refractivity contribution in [3.63, 3.8) is 0 Å². The largest absolute Gasteiger partial charge is 0.508 e. The van der Waals surface area contributed by atoms with E-state index in [0.717, 1.165) is 11.5 Å². The van der Waals surface area contributed by atoms with Gasteiger partial charge in [0.25, 0.3) is 11.8 Å². The van der Waals surface area contributed by atoms with Gasteiger partial charge in [0.05, 0.1) is 0 Å². The van der Waals surface area contributed by atoms with Gasteiger partial charge in [-0.1, -0.05) is 12.1 Å². The van der Waals surface area contributed by atoms with Gasteiger partial charge in [0.2, 0.25) is 0 Å². The lowest BCUT2D eigenvalue weighted by Crippen LogP contribution is -2.29. The summed E-state index contributed by atoms with van der Waals surface area (Å²) in [4.78, 5) is 35.8. The zero-order chi connectivity index (χ0) is 20.8. The zero-order valence-corrected chi connectivity index (χ0v) is 15.4. The molecule has 142 valence electrons. The summed E-state index contributed by atoms with van der Waals surface area (Å²) < 4.78 is 0. The van der Waals surface area contributed by atoms with Gasteiger partial charge in [0, 0.05) is 17.7 Å². The Bertz CT molecular complexity index is 946. The third-order valence-corrected chi connectivity index (χ3v) is 4.03. The van der Waals surface area contributed by atoms with Crippen LogP contribution in [0.2, 0.25) is 0 Å². The average Bonchev–Trinajstić information content (AvgIpc) is 2.63. The number of aryl methyl sites for hydroxylation is 2. The quantitative estimate of drug-likeness (QED) is 0.452. The fourth-order valence-corrected chi connectivity index (χ4v) is 2.75. The highest BCUT2D eigenvalue weighted by molar-refractivity contribution is 6.20. The van der Waals surface area contributed by atoms with Gasteiger partial charge >= 0.3 is 5.97 Å². The number of aliphatic carboxylic acids is 1. The van der Waals surface area contributed by atoms with Crippen molar-refractivity contribution in [1.82, 2.24) is 10.6 Å². The molecule has 0 bridgehead atoms. The Morgan fingerprint density at radius 2 is 1.71 bits per heavy atom. The molecule has 2 aromatic carbocycles. The summed E-state index contributed by atoms with van der Waals surface area (Å²) in [5.74, 6) is -1.40. The number of carboxylic acids is 1. The van der Waals surface area contributed by atoms with Crippen molar-refractivity contribution in [2.45, 2.75) is 20.4 Å². The molecule has 0 aliphatic heterocycles. The molecule has 0 saturated carbocycles. The first-order valence-corrected chi connectivity index (χ1v) is 8.36. The first-order chi connectivity index (χ1) is 13.2. The van der Waals surface area contributed by atoms with E-state index in [-0.39, 0.29) is 23.8 Å². The Labute approximate surface area is 163 Å². The highest BCUT2D eigenvalue weighted by Gasteiger charge is 2.18. The summed E-state index contributed by atoms with van der Waals surface area (Å²) in [5.41, 5.74) is 1.97. The molecular formula is C20H19BN2O5. The molecule has 28 heavy (non-hydrogen) atoms. The van der Waals surface area contributed by atoms with Gasteiger partial charge in [-0.2, -0.15) is 0 Å². The van der Waals surface area contributed by atoms with E-state index in [9.17, 15) is 19.5 Å². The molecule has 7 nitrogen and oxygen atoms in total. The monoisotopic (exact) mass is 378 g/mol. The molecule has 0 aromatic heterocycles. The summed E-state index contributed by atoms with van der Waals surface area (Å²) in [7, 11) is 5.20. The van der Waals surface area contributed by atoms with Crippen LogP contribution in [-0.2, 0) is 11.3 Å². The minimum Gasteiger partial charge on any atom is -0.508 e. The number of rotatable bonds is 6. The second-order valence-electron chi connectivity index (χ2n) is 6.18. The Morgan fingerprint density at radius 3 is 2.25 bits per heavy atom. The Balaban J connectivity index is 2.17. The van der Waals surface area contributed by atoms with Crippen molar-refractivity contribution in [1.29, 1.82) is 0 Å². The molecule has 0 aliphatic rings. The van der Waals surface area contributed by atoms with E-state index in [1.807, 2.05) is 0 Å². The van der Waals surface area contributed by atoms with Crippen molar-refractivity contribution in [2.75, 3.05) is 0 Å². The molecule has 8 heteroatoms. The van der Waals surface area contributed by atoms with Crippen LogP contribution in [0.4, 0.5) is 0 Å². The highest BCUT2D eigenvalue weighted by Crippen LogP contribution is 2.18. The number of carbonyl (C=O) groups excluding carboxylic acids is 2. The summed E-state index contributed by atoms with van der Waals surface area (Å²) >= 11 is 0. The Kier molecular flexibility index (Phi) is 6.60. The molecule has 0 saturated heterocycles. The molecule has 0 heterocycles. The number of benzene rings is 2. The van der Waals surface area contributed by atoms with E-state index < -0.39 is 17.6 Å². The van der Waals surface area contributed by atoms with Crippen molar-refractivity contribution < 1.29 is 24.6 Å². The van der Waals surface area contributed by atoms with Gasteiger partial charge in [-0.05, 0) is 54.8 Å². The van der Waals surface area contributed by atoms with Gasteiger partial charge in [0.15, 0.2) is 0 Å². The molecule has 0 atom stereocenters. The minimum absolute atomic E-state index is 0.112. The Hall–Kier alpha value is -3.55. The maximum Gasteiger partial charge on any atom is 0.351 e. The number of amides is 2. The van der Waals surface area contributed by atoms with E-state index in [0.29, 0.717) is 16.7 Å². The van der Waals surface area contributed by atoms with E-state index in [1.54, 1.807) is 44.2 Å². The number of nitrogens with one attached hydrogen (secondary N) is 2. The maximum absolute atomic E-state index is 12.4. The molecule has 2 aromatic rings. The third kappa shape index (κ3) is 5.00. The van der Waals surface area contributed by atoms with Crippen LogP contribution in [-0.4, -0.2) is 35.8 Å². The predicted octanol–water partition coefficient (Wildman–Crippen LogP) is 1.76. The van der Waals surface area contributed by atoms with E-state index in [4.69, 9.17) is 13.0 Å². The van der Waals surface area contributed by atoms with E-state index in [2.05, 4.69) is 10.6 Å². The lowest BCUT2D eigenvalue weighted by molar-refractivity contribution is -0.133. The summed E-state index contributed by atoms with van der Waals surface area (Å²) in [6.07, 6.45) is 0. The van der Waals surface area contributed by atoms with Crippen molar-refractivity contribution in [3.8, 4) is 5.75 Å². The number of hydrogen-bond acceptors (Lipinski definition) is 4. The van der Waals surface area contributed by atoms with Gasteiger partial charge in [-0.3, -0.25) is 9.59 Å². The number of phenols is 1. The molecule has 0 aliphatic carbocycles. The molecule has 0 fully saturated rings. The molecule has 2 rings (SSSR count). The van der Waals surface area contributed by atoms with Gasteiger partial charge < -0.3 is 20.8 Å². The van der Waals surface area contributed by atoms with Gasteiger partial charge in [-0.15, -0.1) is 5.98 Å². The fraction of sp³-hybridized carbons (Fsp3) is 0.150. The van der Waals surface area contributed by atoms with Crippen LogP contribution in [0.3, 0.4) is 0 Å². The fourth-order valence-electron chi connectivity index (χ4n) is 2.75. The standard InChI is InChI=1S/C20H19BN2O5/c1-11-6-14(18(25)22-10-13-4-3-5-15(24)8-13)7-12(2)17(11)19(26)23-16(9-21)20(27)28/h3-9,24H,10H2,1-2H3,(H,22,25)(H,23,26)(H,27,28)/b16-9-. The van der Waals surface area contributed by atoms with Crippen molar-refractivity contribution >= 4 is 25.6 Å². The SMILES string of the molecule is [B]/C=C(\NC(=O)c1c(C)cc(C(=O)NCc2cccc(O)c2)cc1C)C(=O)O. The van der Waals surface area contributed by atoms with Crippen LogP contribution < -0.4 is 10.6 Å². The molecule has 0 spiro atoms. The van der Waals surface area contributed by atoms with Crippen LogP contribution in [0.25, 0.3) is 0 Å². The summed E-state index contributed by atoms with van der Waals surface area (Å²) in [6.45, 7) is 3.54. The minimum atomic E-state index is -1.35. The smallest absolute Gasteiger partial charge is 0.351 e. The van der Waals surface area contributed by atoms with Gasteiger partial charge in [-0.25, -0.2) is 4.79 Å². The lowest BCUT2D eigenvalue weighted by Gasteiger charge is -2.13. The maximum atomic E-state index is 12.4. The number of carboxylic acid groups (broad SMARTS) is 1. The topological polar surface area (TPSA) is 116 Å². The normalized spacial score (nSPS) is 11.0. The van der Waals surface area contributed by atoms with E-state index in [1.165, 1.54) is 6.07 Å². The molecule has 4 N–H and O–H groups in total. The van der Waals surface area contributed by atoms with Crippen LogP contribution in [0.5, 0.6) is 5.75 Å². The molecule has 2 amide bonds. The lowest BCUT2D eigenvalue weighted by atomic mass is 9.98. The van der Waals surface area contributed by atoms with Crippen molar-refractivity contribution in [3.05, 3.63) is 75.9 Å². The van der Waals surface area contributed by atoms with Crippen molar-refractivity contribution in [2.24, 2.45) is 0 Å². The second kappa shape index (κ2) is 8.90. The zero-order valence-electron chi connectivity index (χ0n) is 15.4. The number of phenolic OH excluding ortho intramolecular Hbond substituents is 1. The third-order valence-electron chi connectivity index (χ3n) is 4.03. The predicted molar refractivity (Wildman–Crippen MR) is 104 cm³/mol. The highest BCUT2D eigenvalue weighted by atomic mass is 16.4. The summed E-state index contributed by atoms with van der Waals surface area (Å²) in [6, 6.07) is 9.64. The van der Waals surface area contributed by atoms with Crippen LogP contribution in [0.1, 0.15) is 37.4 Å². The first-order valence-electron chi connectivity index (χ1n) is 8.36. The summed E-state index contributed by atoms with van der Waals surface area (Å²) in [5, 5.41) is 23.4.